The lowest BCUT2D eigenvalue weighted by atomic mass is 9.49. The molecule has 1 aromatic rings. The lowest BCUT2D eigenvalue weighted by Gasteiger charge is -2.56. The van der Waals surface area contributed by atoms with Gasteiger partial charge in [0.1, 0.15) is 12.4 Å². The van der Waals surface area contributed by atoms with E-state index in [2.05, 4.69) is 5.32 Å². The molecule has 1 aromatic carbocycles. The number of hydrogen-bond donors (Lipinski definition) is 2. The van der Waals surface area contributed by atoms with E-state index < -0.39 is 0 Å². The number of carbonyl (C=O) groups is 1. The highest BCUT2D eigenvalue weighted by Crippen LogP contribution is 2.59. The number of halogens is 1. The van der Waals surface area contributed by atoms with Gasteiger partial charge in [0.2, 0.25) is 0 Å². The van der Waals surface area contributed by atoms with Crippen molar-refractivity contribution in [2.75, 3.05) is 20.1 Å². The van der Waals surface area contributed by atoms with Crippen LogP contribution < -0.4 is 10.2 Å². The predicted molar refractivity (Wildman–Crippen MR) is 95.5 cm³/mol. The SMILES string of the molecule is C[NH+](CC(=O)NCC12CC3CC(CC(C3)C1)C2)Cc1ccc(F)cc1. The fourth-order valence-corrected chi connectivity index (χ4v) is 6.14. The van der Waals surface area contributed by atoms with E-state index in [4.69, 9.17) is 0 Å². The Bertz CT molecular complexity index is 592. The third-order valence-corrected chi connectivity index (χ3v) is 6.71. The molecule has 0 aliphatic heterocycles. The van der Waals surface area contributed by atoms with Crippen LogP contribution >= 0.6 is 0 Å². The summed E-state index contributed by atoms with van der Waals surface area (Å²) in [5.74, 6) is 2.71. The van der Waals surface area contributed by atoms with Gasteiger partial charge in [-0.05, 0) is 73.8 Å². The lowest BCUT2D eigenvalue weighted by molar-refractivity contribution is -0.885. The van der Waals surface area contributed by atoms with Crippen molar-refractivity contribution in [3.05, 3.63) is 35.6 Å². The van der Waals surface area contributed by atoms with Gasteiger partial charge in [-0.2, -0.15) is 0 Å². The lowest BCUT2D eigenvalue weighted by Crippen LogP contribution is -3.08. The Morgan fingerprint density at radius 2 is 1.68 bits per heavy atom. The number of quaternary nitrogens is 1. The van der Waals surface area contributed by atoms with E-state index >= 15 is 0 Å². The third-order valence-electron chi connectivity index (χ3n) is 6.71. The first-order valence-corrected chi connectivity index (χ1v) is 9.82. The molecule has 4 heteroatoms. The summed E-state index contributed by atoms with van der Waals surface area (Å²) in [6.45, 7) is 2.09. The standard InChI is InChI=1S/C21H29FN2O/c1-24(12-15-2-4-19(22)5-3-15)13-20(25)23-14-21-9-16-6-17(10-21)8-18(7-16)11-21/h2-5,16-18H,6-14H2,1H3,(H,23,25)/p+1. The topological polar surface area (TPSA) is 33.5 Å². The maximum Gasteiger partial charge on any atom is 0.275 e. The number of benzene rings is 1. The smallest absolute Gasteiger partial charge is 0.275 e. The van der Waals surface area contributed by atoms with Gasteiger partial charge in [0.05, 0.1) is 7.05 Å². The molecule has 0 aromatic heterocycles. The second-order valence-corrected chi connectivity index (χ2v) is 9.13. The summed E-state index contributed by atoms with van der Waals surface area (Å²) in [5, 5.41) is 3.25. The molecule has 4 aliphatic rings. The second kappa shape index (κ2) is 6.71. The van der Waals surface area contributed by atoms with Gasteiger partial charge in [-0.3, -0.25) is 4.79 Å². The largest absolute Gasteiger partial charge is 0.351 e. The van der Waals surface area contributed by atoms with E-state index in [1.807, 2.05) is 7.05 Å². The quantitative estimate of drug-likeness (QED) is 0.814. The summed E-state index contributed by atoms with van der Waals surface area (Å²) < 4.78 is 13.0. The van der Waals surface area contributed by atoms with E-state index in [1.165, 1.54) is 50.7 Å². The van der Waals surface area contributed by atoms with Crippen LogP contribution in [0.1, 0.15) is 44.1 Å². The Morgan fingerprint density at radius 1 is 1.12 bits per heavy atom. The van der Waals surface area contributed by atoms with E-state index in [0.29, 0.717) is 12.0 Å². The average Bonchev–Trinajstić information content (AvgIpc) is 2.54. The number of amides is 1. The number of carbonyl (C=O) groups excluding carboxylic acids is 1. The molecule has 4 saturated carbocycles. The highest BCUT2D eigenvalue weighted by atomic mass is 19.1. The molecule has 4 bridgehead atoms. The summed E-state index contributed by atoms with van der Waals surface area (Å²) in [5.41, 5.74) is 1.46. The summed E-state index contributed by atoms with van der Waals surface area (Å²) in [6.07, 6.45) is 8.32. The highest BCUT2D eigenvalue weighted by Gasteiger charge is 2.50. The first kappa shape index (κ1) is 17.0. The summed E-state index contributed by atoms with van der Waals surface area (Å²) in [6, 6.07) is 6.56. The molecule has 1 amide bonds. The van der Waals surface area contributed by atoms with Crippen LogP contribution in [0, 0.1) is 29.0 Å². The fraction of sp³-hybridized carbons (Fsp3) is 0.667. The monoisotopic (exact) mass is 345 g/mol. The van der Waals surface area contributed by atoms with Crippen LogP contribution in [-0.2, 0) is 11.3 Å². The minimum atomic E-state index is -0.213. The molecule has 1 unspecified atom stereocenters. The van der Waals surface area contributed by atoms with Gasteiger partial charge >= 0.3 is 0 Å². The first-order valence-electron chi connectivity index (χ1n) is 9.82. The van der Waals surface area contributed by atoms with Gasteiger partial charge in [-0.15, -0.1) is 0 Å². The minimum absolute atomic E-state index is 0.148. The maximum absolute atomic E-state index is 13.0. The maximum atomic E-state index is 13.0. The summed E-state index contributed by atoms with van der Waals surface area (Å²) >= 11 is 0. The number of hydrogen-bond acceptors (Lipinski definition) is 1. The predicted octanol–water partition coefficient (Wildman–Crippen LogP) is 2.17. The summed E-state index contributed by atoms with van der Waals surface area (Å²) in [4.78, 5) is 13.5. The second-order valence-electron chi connectivity index (χ2n) is 9.13. The van der Waals surface area contributed by atoms with Crippen LogP contribution in [-0.4, -0.2) is 26.0 Å². The molecule has 4 fully saturated rings. The molecule has 2 N–H and O–H groups in total. The molecule has 3 nitrogen and oxygen atoms in total. The highest BCUT2D eigenvalue weighted by molar-refractivity contribution is 5.76. The van der Waals surface area contributed by atoms with Crippen molar-refractivity contribution in [2.45, 2.75) is 45.1 Å². The van der Waals surface area contributed by atoms with Gasteiger partial charge in [0, 0.05) is 12.1 Å². The van der Waals surface area contributed by atoms with Crippen LogP contribution in [0.2, 0.25) is 0 Å². The summed E-state index contributed by atoms with van der Waals surface area (Å²) in [7, 11) is 2.02. The van der Waals surface area contributed by atoms with Gasteiger partial charge < -0.3 is 10.2 Å². The number of rotatable bonds is 6. The normalized spacial score (nSPS) is 34.1. The Balaban J connectivity index is 1.26. The molecule has 1 atom stereocenters. The molecule has 0 radical (unpaired) electrons. The van der Waals surface area contributed by atoms with Crippen molar-refractivity contribution in [3.63, 3.8) is 0 Å². The van der Waals surface area contributed by atoms with Gasteiger partial charge in [-0.25, -0.2) is 4.39 Å². The van der Waals surface area contributed by atoms with Crippen LogP contribution in [0.15, 0.2) is 24.3 Å². The zero-order valence-electron chi connectivity index (χ0n) is 15.2. The Hall–Kier alpha value is -1.42. The minimum Gasteiger partial charge on any atom is -0.351 e. The van der Waals surface area contributed by atoms with Crippen LogP contribution in [0.4, 0.5) is 4.39 Å². The molecule has 25 heavy (non-hydrogen) atoms. The van der Waals surface area contributed by atoms with Crippen LogP contribution in [0.3, 0.4) is 0 Å². The van der Waals surface area contributed by atoms with E-state index in [-0.39, 0.29) is 11.7 Å². The van der Waals surface area contributed by atoms with Crippen molar-refractivity contribution in [2.24, 2.45) is 23.2 Å². The van der Waals surface area contributed by atoms with Gasteiger partial charge in [-0.1, -0.05) is 12.1 Å². The number of likely N-dealkylation sites (N-methyl/N-ethyl adjacent to an activating group) is 1. The van der Waals surface area contributed by atoms with E-state index in [1.54, 1.807) is 12.1 Å². The first-order chi connectivity index (χ1) is 12.0. The number of nitrogens with one attached hydrogen (secondary N) is 2. The molecule has 4 aliphatic carbocycles. The Morgan fingerprint density at radius 3 is 2.24 bits per heavy atom. The van der Waals surface area contributed by atoms with Crippen molar-refractivity contribution in [3.8, 4) is 0 Å². The van der Waals surface area contributed by atoms with E-state index in [9.17, 15) is 9.18 Å². The Labute approximate surface area is 150 Å². The third kappa shape index (κ3) is 3.89. The van der Waals surface area contributed by atoms with Crippen molar-refractivity contribution < 1.29 is 14.1 Å². The Kier molecular flexibility index (Phi) is 4.57. The fourth-order valence-electron chi connectivity index (χ4n) is 6.14. The van der Waals surface area contributed by atoms with Gasteiger partial charge in [0.25, 0.3) is 5.91 Å². The molecule has 5 rings (SSSR count). The molecular formula is C21H30FN2O+. The molecule has 0 spiro atoms. The molecular weight excluding hydrogens is 315 g/mol. The van der Waals surface area contributed by atoms with Gasteiger partial charge in [0.15, 0.2) is 6.54 Å². The molecule has 0 heterocycles. The average molecular weight is 345 g/mol. The van der Waals surface area contributed by atoms with E-state index in [0.717, 1.165) is 41.3 Å². The molecule has 0 saturated heterocycles. The van der Waals surface area contributed by atoms with Crippen LogP contribution in [0.5, 0.6) is 0 Å². The molecule has 136 valence electrons. The van der Waals surface area contributed by atoms with Crippen molar-refractivity contribution in [1.82, 2.24) is 5.32 Å². The van der Waals surface area contributed by atoms with Crippen molar-refractivity contribution in [1.29, 1.82) is 0 Å². The van der Waals surface area contributed by atoms with Crippen LogP contribution in [0.25, 0.3) is 0 Å². The zero-order chi connectivity index (χ0) is 17.4. The van der Waals surface area contributed by atoms with Crippen molar-refractivity contribution >= 4 is 5.91 Å². The zero-order valence-corrected chi connectivity index (χ0v) is 15.2.